The van der Waals surface area contributed by atoms with Gasteiger partial charge in [-0.2, -0.15) is 0 Å². The van der Waals surface area contributed by atoms with Crippen LogP contribution in [0, 0.1) is 0 Å². The van der Waals surface area contributed by atoms with Gasteiger partial charge in [0.05, 0.1) is 18.4 Å². The van der Waals surface area contributed by atoms with Crippen molar-refractivity contribution in [1.29, 1.82) is 0 Å². The van der Waals surface area contributed by atoms with Crippen molar-refractivity contribution in [2.24, 2.45) is 0 Å². The van der Waals surface area contributed by atoms with Crippen LogP contribution < -0.4 is 5.32 Å². The SMILES string of the molecule is CCCCN1CCCCC1CNC(=O)Cc1csc(-c2ccco2)n1. The molecule has 136 valence electrons. The van der Waals surface area contributed by atoms with Crippen molar-refractivity contribution in [1.82, 2.24) is 15.2 Å². The zero-order chi connectivity index (χ0) is 17.5. The largest absolute Gasteiger partial charge is 0.462 e. The third-order valence-corrected chi connectivity index (χ3v) is 5.61. The summed E-state index contributed by atoms with van der Waals surface area (Å²) in [4.78, 5) is 19.3. The molecule has 1 unspecified atom stereocenters. The number of carbonyl (C=O) groups excluding carboxylic acids is 1. The number of aromatic nitrogens is 1. The lowest BCUT2D eigenvalue weighted by atomic mass is 10.0. The second kappa shape index (κ2) is 9.15. The molecule has 3 heterocycles. The van der Waals surface area contributed by atoms with E-state index in [1.54, 1.807) is 6.26 Å². The minimum atomic E-state index is 0.0531. The summed E-state index contributed by atoms with van der Waals surface area (Å²) in [7, 11) is 0. The fourth-order valence-electron chi connectivity index (χ4n) is 3.31. The van der Waals surface area contributed by atoms with E-state index >= 15 is 0 Å². The highest BCUT2D eigenvalue weighted by Crippen LogP contribution is 2.24. The number of rotatable bonds is 8. The Kier molecular flexibility index (Phi) is 6.64. The number of thiazole rings is 1. The van der Waals surface area contributed by atoms with Gasteiger partial charge in [0, 0.05) is 18.0 Å². The Morgan fingerprint density at radius 3 is 3.20 bits per heavy atom. The molecule has 0 radical (unpaired) electrons. The molecule has 6 heteroatoms. The maximum absolute atomic E-state index is 12.3. The van der Waals surface area contributed by atoms with Crippen LogP contribution in [0.1, 0.15) is 44.7 Å². The number of amides is 1. The quantitative estimate of drug-likeness (QED) is 0.778. The normalized spacial score (nSPS) is 18.4. The second-order valence-corrected chi connectivity index (χ2v) is 7.50. The number of nitrogens with zero attached hydrogens (tertiary/aromatic N) is 2. The first-order valence-corrected chi connectivity index (χ1v) is 10.1. The van der Waals surface area contributed by atoms with Crippen LogP contribution in [0.3, 0.4) is 0 Å². The van der Waals surface area contributed by atoms with Gasteiger partial charge in [0.15, 0.2) is 10.8 Å². The van der Waals surface area contributed by atoms with Gasteiger partial charge in [-0.15, -0.1) is 11.3 Å². The highest BCUT2D eigenvalue weighted by Gasteiger charge is 2.22. The van der Waals surface area contributed by atoms with Crippen LogP contribution in [0.5, 0.6) is 0 Å². The standard InChI is InChI=1S/C19H27N3O2S/c1-2-3-9-22-10-5-4-7-16(22)13-20-18(23)12-15-14-25-19(21-15)17-8-6-11-24-17/h6,8,11,14,16H,2-5,7,9-10,12-13H2,1H3,(H,20,23). The van der Waals surface area contributed by atoms with E-state index in [9.17, 15) is 4.79 Å². The summed E-state index contributed by atoms with van der Waals surface area (Å²) in [5.74, 6) is 0.808. The summed E-state index contributed by atoms with van der Waals surface area (Å²) in [5, 5.41) is 5.87. The van der Waals surface area contributed by atoms with Crippen molar-refractivity contribution in [2.45, 2.75) is 51.5 Å². The van der Waals surface area contributed by atoms with Crippen LogP contribution in [0.15, 0.2) is 28.2 Å². The molecule has 0 bridgehead atoms. The van der Waals surface area contributed by atoms with Crippen LogP contribution in [0.25, 0.3) is 10.8 Å². The van der Waals surface area contributed by atoms with E-state index in [4.69, 9.17) is 4.42 Å². The zero-order valence-electron chi connectivity index (χ0n) is 14.9. The number of hydrogen-bond acceptors (Lipinski definition) is 5. The fourth-order valence-corrected chi connectivity index (χ4v) is 4.09. The smallest absolute Gasteiger partial charge is 0.226 e. The summed E-state index contributed by atoms with van der Waals surface area (Å²) in [5.41, 5.74) is 0.806. The molecule has 1 aliphatic heterocycles. The molecule has 0 aromatic carbocycles. The Morgan fingerprint density at radius 2 is 2.40 bits per heavy atom. The van der Waals surface area contributed by atoms with Crippen LogP contribution in [0.2, 0.25) is 0 Å². The van der Waals surface area contributed by atoms with Gasteiger partial charge in [0.25, 0.3) is 0 Å². The average molecular weight is 362 g/mol. The lowest BCUT2D eigenvalue weighted by molar-refractivity contribution is -0.120. The number of carbonyl (C=O) groups is 1. The summed E-state index contributed by atoms with van der Waals surface area (Å²) < 4.78 is 5.35. The highest BCUT2D eigenvalue weighted by atomic mass is 32.1. The lowest BCUT2D eigenvalue weighted by Gasteiger charge is -2.35. The first kappa shape index (κ1) is 18.1. The van der Waals surface area contributed by atoms with Gasteiger partial charge >= 0.3 is 0 Å². The van der Waals surface area contributed by atoms with E-state index in [-0.39, 0.29) is 5.91 Å². The van der Waals surface area contributed by atoms with Crippen molar-refractivity contribution >= 4 is 17.2 Å². The van der Waals surface area contributed by atoms with E-state index in [0.717, 1.165) is 29.6 Å². The summed E-state index contributed by atoms with van der Waals surface area (Å²) in [6, 6.07) is 4.21. The Labute approximate surface area is 153 Å². The third-order valence-electron chi connectivity index (χ3n) is 4.71. The van der Waals surface area contributed by atoms with Gasteiger partial charge in [-0.3, -0.25) is 9.69 Å². The van der Waals surface area contributed by atoms with E-state index in [2.05, 4.69) is 22.1 Å². The Bertz CT molecular complexity index is 653. The lowest BCUT2D eigenvalue weighted by Crippen LogP contribution is -2.47. The van der Waals surface area contributed by atoms with Crippen LogP contribution >= 0.6 is 11.3 Å². The number of piperidine rings is 1. The van der Waals surface area contributed by atoms with E-state index < -0.39 is 0 Å². The Balaban J connectivity index is 1.47. The van der Waals surface area contributed by atoms with Crippen molar-refractivity contribution in [3.05, 3.63) is 29.5 Å². The molecule has 1 amide bonds. The second-order valence-electron chi connectivity index (χ2n) is 6.64. The molecule has 25 heavy (non-hydrogen) atoms. The van der Waals surface area contributed by atoms with Crippen LogP contribution in [0.4, 0.5) is 0 Å². The molecule has 1 saturated heterocycles. The molecule has 2 aromatic rings. The first-order valence-electron chi connectivity index (χ1n) is 9.25. The van der Waals surface area contributed by atoms with Gasteiger partial charge < -0.3 is 9.73 Å². The van der Waals surface area contributed by atoms with Crippen molar-refractivity contribution < 1.29 is 9.21 Å². The van der Waals surface area contributed by atoms with Crippen molar-refractivity contribution in [3.8, 4) is 10.8 Å². The molecule has 3 rings (SSSR count). The minimum Gasteiger partial charge on any atom is -0.462 e. The first-order chi connectivity index (χ1) is 12.3. The zero-order valence-corrected chi connectivity index (χ0v) is 15.7. The maximum Gasteiger partial charge on any atom is 0.226 e. The third kappa shape index (κ3) is 5.16. The molecule has 1 aliphatic rings. The van der Waals surface area contributed by atoms with E-state index in [1.165, 1.54) is 50.0 Å². The summed E-state index contributed by atoms with van der Waals surface area (Å²) >= 11 is 1.51. The maximum atomic E-state index is 12.3. The molecule has 1 atom stereocenters. The Morgan fingerprint density at radius 1 is 1.48 bits per heavy atom. The molecular weight excluding hydrogens is 334 g/mol. The van der Waals surface area contributed by atoms with Crippen LogP contribution in [-0.4, -0.2) is 41.5 Å². The highest BCUT2D eigenvalue weighted by molar-refractivity contribution is 7.13. The number of unbranched alkanes of at least 4 members (excludes halogenated alkanes) is 1. The van der Waals surface area contributed by atoms with Gasteiger partial charge in [0.2, 0.25) is 5.91 Å². The van der Waals surface area contributed by atoms with Gasteiger partial charge in [0.1, 0.15) is 0 Å². The van der Waals surface area contributed by atoms with Gasteiger partial charge in [-0.05, 0) is 44.5 Å². The van der Waals surface area contributed by atoms with Crippen molar-refractivity contribution in [3.63, 3.8) is 0 Å². The molecule has 0 aliphatic carbocycles. The molecule has 0 saturated carbocycles. The number of furan rings is 1. The molecular formula is C19H27N3O2S. The van der Waals surface area contributed by atoms with Gasteiger partial charge in [-0.25, -0.2) is 4.98 Å². The number of likely N-dealkylation sites (tertiary alicyclic amines) is 1. The molecule has 1 N–H and O–H groups in total. The van der Waals surface area contributed by atoms with Crippen molar-refractivity contribution in [2.75, 3.05) is 19.6 Å². The predicted octanol–water partition coefficient (Wildman–Crippen LogP) is 3.72. The molecule has 1 fully saturated rings. The monoisotopic (exact) mass is 361 g/mol. The predicted molar refractivity (Wildman–Crippen MR) is 101 cm³/mol. The van der Waals surface area contributed by atoms with Crippen LogP contribution in [-0.2, 0) is 11.2 Å². The molecule has 0 spiro atoms. The minimum absolute atomic E-state index is 0.0531. The average Bonchev–Trinajstić information content (AvgIpc) is 3.30. The Hall–Kier alpha value is -1.66. The topological polar surface area (TPSA) is 58.4 Å². The summed E-state index contributed by atoms with van der Waals surface area (Å²) in [6.45, 7) is 5.29. The van der Waals surface area contributed by atoms with Gasteiger partial charge in [-0.1, -0.05) is 19.8 Å². The van der Waals surface area contributed by atoms with E-state index in [0.29, 0.717) is 12.5 Å². The number of hydrogen-bond donors (Lipinski definition) is 1. The fraction of sp³-hybridized carbons (Fsp3) is 0.579. The summed E-state index contributed by atoms with van der Waals surface area (Å²) in [6.07, 6.45) is 8.15. The van der Waals surface area contributed by atoms with E-state index in [1.807, 2.05) is 17.5 Å². The molecule has 5 nitrogen and oxygen atoms in total. The molecule has 2 aromatic heterocycles. The number of nitrogens with one attached hydrogen (secondary N) is 1.